The highest BCUT2D eigenvalue weighted by Gasteiger charge is 2.20. The highest BCUT2D eigenvalue weighted by Crippen LogP contribution is 2.35. The van der Waals surface area contributed by atoms with E-state index in [-0.39, 0.29) is 11.9 Å². The van der Waals surface area contributed by atoms with Crippen LogP contribution < -0.4 is 11.1 Å². The van der Waals surface area contributed by atoms with Gasteiger partial charge in [-0.05, 0) is 41.7 Å². The third kappa shape index (κ3) is 2.67. The smallest absolute Gasteiger partial charge is 0.224 e. The fourth-order valence-electron chi connectivity index (χ4n) is 2.77. The zero-order valence-corrected chi connectivity index (χ0v) is 12.6. The average Bonchev–Trinajstić information content (AvgIpc) is 2.47. The molecule has 1 aliphatic rings. The van der Waals surface area contributed by atoms with E-state index in [9.17, 15) is 4.79 Å². The maximum absolute atomic E-state index is 11.5. The third-order valence-electron chi connectivity index (χ3n) is 3.96. The predicted octanol–water partition coefficient (Wildman–Crippen LogP) is 3.58. The zero-order chi connectivity index (χ0) is 15.0. The zero-order valence-electron chi connectivity index (χ0n) is 11.8. The fraction of sp³-hybridized carbons (Fsp3) is 0.235. The molecule has 3 nitrogen and oxygen atoms in total. The quantitative estimate of drug-likeness (QED) is 0.890. The minimum atomic E-state index is -0.216. The molecule has 3 N–H and O–H groups in total. The summed E-state index contributed by atoms with van der Waals surface area (Å²) in [6, 6.07) is 11.8. The summed E-state index contributed by atoms with van der Waals surface area (Å²) in [4.78, 5) is 11.5. The monoisotopic (exact) mass is 300 g/mol. The first-order chi connectivity index (χ1) is 10.1. The highest BCUT2D eigenvalue weighted by molar-refractivity contribution is 6.34. The van der Waals surface area contributed by atoms with E-state index < -0.39 is 0 Å². The van der Waals surface area contributed by atoms with Gasteiger partial charge in [0, 0.05) is 6.42 Å². The van der Waals surface area contributed by atoms with Crippen molar-refractivity contribution in [2.75, 3.05) is 5.32 Å². The summed E-state index contributed by atoms with van der Waals surface area (Å²) in [6.45, 7) is 2.05. The lowest BCUT2D eigenvalue weighted by molar-refractivity contribution is -0.116. The Morgan fingerprint density at radius 1 is 1.24 bits per heavy atom. The van der Waals surface area contributed by atoms with Gasteiger partial charge in [0.25, 0.3) is 0 Å². The van der Waals surface area contributed by atoms with Crippen LogP contribution in [0.15, 0.2) is 36.4 Å². The molecular formula is C17H17ClN2O. The number of carbonyl (C=O) groups is 1. The highest BCUT2D eigenvalue weighted by atomic mass is 35.5. The number of aryl methyl sites for hydroxylation is 2. The van der Waals surface area contributed by atoms with E-state index in [1.807, 2.05) is 24.3 Å². The molecule has 0 radical (unpaired) electrons. The number of halogens is 1. The van der Waals surface area contributed by atoms with Crippen LogP contribution >= 0.6 is 11.6 Å². The van der Waals surface area contributed by atoms with Crippen molar-refractivity contribution >= 4 is 23.2 Å². The molecule has 0 saturated carbocycles. The molecule has 1 unspecified atom stereocenters. The number of hydrogen-bond acceptors (Lipinski definition) is 2. The Morgan fingerprint density at radius 2 is 2.00 bits per heavy atom. The molecule has 1 atom stereocenters. The van der Waals surface area contributed by atoms with Gasteiger partial charge in [0.15, 0.2) is 0 Å². The number of hydrogen-bond donors (Lipinski definition) is 2. The summed E-state index contributed by atoms with van der Waals surface area (Å²) in [5.41, 5.74) is 11.4. The van der Waals surface area contributed by atoms with E-state index in [2.05, 4.69) is 24.4 Å². The van der Waals surface area contributed by atoms with Gasteiger partial charge in [-0.2, -0.15) is 0 Å². The van der Waals surface area contributed by atoms with Crippen molar-refractivity contribution in [2.45, 2.75) is 25.8 Å². The van der Waals surface area contributed by atoms with Gasteiger partial charge in [0.1, 0.15) is 0 Å². The first kappa shape index (κ1) is 14.1. The van der Waals surface area contributed by atoms with E-state index in [1.54, 1.807) is 0 Å². The molecule has 0 spiro atoms. The standard InChI is InChI=1S/C17H17ClN2O/c1-10-4-2-3-5-13(10)16(19)12-8-11-6-7-15(21)20-17(11)14(18)9-12/h2-5,8-9,16H,6-7,19H2,1H3,(H,20,21). The van der Waals surface area contributed by atoms with Crippen molar-refractivity contribution in [3.05, 3.63) is 63.7 Å². The second-order valence-electron chi connectivity index (χ2n) is 5.42. The predicted molar refractivity (Wildman–Crippen MR) is 85.6 cm³/mol. The number of carbonyl (C=O) groups excluding carboxylic acids is 1. The van der Waals surface area contributed by atoms with Gasteiger partial charge >= 0.3 is 0 Å². The second-order valence-corrected chi connectivity index (χ2v) is 5.83. The lowest BCUT2D eigenvalue weighted by Gasteiger charge is -2.22. The van der Waals surface area contributed by atoms with E-state index >= 15 is 0 Å². The summed E-state index contributed by atoms with van der Waals surface area (Å²) in [7, 11) is 0. The Labute approximate surface area is 129 Å². The van der Waals surface area contributed by atoms with Gasteiger partial charge in [-0.1, -0.05) is 41.9 Å². The Bertz CT molecular complexity index is 712. The number of anilines is 1. The number of benzene rings is 2. The molecule has 0 aromatic heterocycles. The number of nitrogens with one attached hydrogen (secondary N) is 1. The summed E-state index contributed by atoms with van der Waals surface area (Å²) in [6.07, 6.45) is 1.20. The number of amides is 1. The molecule has 0 fully saturated rings. The fourth-order valence-corrected chi connectivity index (χ4v) is 3.06. The van der Waals surface area contributed by atoms with Crippen LogP contribution in [0.2, 0.25) is 5.02 Å². The van der Waals surface area contributed by atoms with Crippen molar-refractivity contribution in [1.29, 1.82) is 0 Å². The van der Waals surface area contributed by atoms with Crippen LogP contribution in [0.25, 0.3) is 0 Å². The van der Waals surface area contributed by atoms with Crippen molar-refractivity contribution in [1.82, 2.24) is 0 Å². The average molecular weight is 301 g/mol. The van der Waals surface area contributed by atoms with E-state index in [0.717, 1.165) is 27.9 Å². The summed E-state index contributed by atoms with van der Waals surface area (Å²) < 4.78 is 0. The van der Waals surface area contributed by atoms with Crippen LogP contribution in [0.4, 0.5) is 5.69 Å². The molecule has 2 aromatic rings. The first-order valence-electron chi connectivity index (χ1n) is 6.99. The number of rotatable bonds is 2. The van der Waals surface area contributed by atoms with Crippen molar-refractivity contribution < 1.29 is 4.79 Å². The Balaban J connectivity index is 2.02. The maximum atomic E-state index is 11.5. The molecule has 108 valence electrons. The van der Waals surface area contributed by atoms with Gasteiger partial charge in [-0.3, -0.25) is 4.79 Å². The number of fused-ring (bicyclic) bond motifs is 1. The van der Waals surface area contributed by atoms with E-state index in [4.69, 9.17) is 17.3 Å². The second kappa shape index (κ2) is 5.51. The summed E-state index contributed by atoms with van der Waals surface area (Å²) in [5, 5.41) is 3.39. The van der Waals surface area contributed by atoms with Gasteiger partial charge in [-0.15, -0.1) is 0 Å². The molecule has 4 heteroatoms. The molecule has 1 amide bonds. The van der Waals surface area contributed by atoms with Crippen molar-refractivity contribution in [3.63, 3.8) is 0 Å². The maximum Gasteiger partial charge on any atom is 0.224 e. The van der Waals surface area contributed by atoms with Crippen LogP contribution in [0.3, 0.4) is 0 Å². The van der Waals surface area contributed by atoms with Crippen LogP contribution in [0, 0.1) is 6.92 Å². The lowest BCUT2D eigenvalue weighted by atomic mass is 9.92. The van der Waals surface area contributed by atoms with Crippen LogP contribution in [0.5, 0.6) is 0 Å². The lowest BCUT2D eigenvalue weighted by Crippen LogP contribution is -2.20. The van der Waals surface area contributed by atoms with Crippen LogP contribution in [0.1, 0.15) is 34.7 Å². The molecule has 3 rings (SSSR count). The summed E-state index contributed by atoms with van der Waals surface area (Å²) in [5.74, 6) is 0.0142. The third-order valence-corrected chi connectivity index (χ3v) is 4.26. The first-order valence-corrected chi connectivity index (χ1v) is 7.37. The minimum absolute atomic E-state index is 0.0142. The van der Waals surface area contributed by atoms with E-state index in [0.29, 0.717) is 17.9 Å². The Hall–Kier alpha value is -1.84. The SMILES string of the molecule is Cc1ccccc1C(N)c1cc(Cl)c2c(c1)CCC(=O)N2. The largest absolute Gasteiger partial charge is 0.325 e. The van der Waals surface area contributed by atoms with Crippen molar-refractivity contribution in [2.24, 2.45) is 5.73 Å². The Kier molecular flexibility index (Phi) is 3.70. The number of nitrogens with two attached hydrogens (primary N) is 1. The molecule has 2 aromatic carbocycles. The van der Waals surface area contributed by atoms with Gasteiger partial charge in [-0.25, -0.2) is 0 Å². The minimum Gasteiger partial charge on any atom is -0.325 e. The van der Waals surface area contributed by atoms with Crippen molar-refractivity contribution in [3.8, 4) is 0 Å². The molecule has 21 heavy (non-hydrogen) atoms. The van der Waals surface area contributed by atoms with Gasteiger partial charge in [0.2, 0.25) is 5.91 Å². The molecule has 0 aliphatic carbocycles. The topological polar surface area (TPSA) is 55.1 Å². The molecule has 0 saturated heterocycles. The normalized spacial score (nSPS) is 15.3. The van der Waals surface area contributed by atoms with Crippen LogP contribution in [-0.2, 0) is 11.2 Å². The van der Waals surface area contributed by atoms with Gasteiger partial charge < -0.3 is 11.1 Å². The molecule has 1 heterocycles. The van der Waals surface area contributed by atoms with Crippen LogP contribution in [-0.4, -0.2) is 5.91 Å². The van der Waals surface area contributed by atoms with Gasteiger partial charge in [0.05, 0.1) is 16.8 Å². The summed E-state index contributed by atoms with van der Waals surface area (Å²) >= 11 is 6.31. The molecular weight excluding hydrogens is 284 g/mol. The molecule has 0 bridgehead atoms. The molecule has 1 aliphatic heterocycles. The Morgan fingerprint density at radius 3 is 2.76 bits per heavy atom. The van der Waals surface area contributed by atoms with E-state index in [1.165, 1.54) is 0 Å².